The van der Waals surface area contributed by atoms with Crippen molar-refractivity contribution in [2.24, 2.45) is 0 Å². The fourth-order valence-electron chi connectivity index (χ4n) is 2.82. The van der Waals surface area contributed by atoms with E-state index in [1.165, 1.54) is 16.7 Å². The van der Waals surface area contributed by atoms with Gasteiger partial charge in [0.05, 0.1) is 0 Å². The highest BCUT2D eigenvalue weighted by atomic mass is 16.4. The van der Waals surface area contributed by atoms with Crippen molar-refractivity contribution in [3.8, 4) is 0 Å². The first-order valence-corrected chi connectivity index (χ1v) is 6.67. The summed E-state index contributed by atoms with van der Waals surface area (Å²) in [6.45, 7) is 5.93. The Labute approximate surface area is 108 Å². The average molecular weight is 247 g/mol. The summed E-state index contributed by atoms with van der Waals surface area (Å²) >= 11 is 0. The summed E-state index contributed by atoms with van der Waals surface area (Å²) in [7, 11) is 0. The van der Waals surface area contributed by atoms with Crippen LogP contribution in [0.1, 0.15) is 36.5 Å². The molecule has 1 aromatic rings. The van der Waals surface area contributed by atoms with Gasteiger partial charge in [-0.05, 0) is 49.4 Å². The number of carboxylic acids is 1. The number of benzene rings is 1. The summed E-state index contributed by atoms with van der Waals surface area (Å²) in [5.74, 6) is -0.681. The SMILES string of the molecule is CCc1cccc(C)c1CN1CCCC1C(=O)O. The first-order chi connectivity index (χ1) is 8.63. The molecule has 2 rings (SSSR count). The lowest BCUT2D eigenvalue weighted by Gasteiger charge is -2.23. The number of rotatable bonds is 4. The second-order valence-corrected chi connectivity index (χ2v) is 5.03. The van der Waals surface area contributed by atoms with Crippen LogP contribution in [0.25, 0.3) is 0 Å². The van der Waals surface area contributed by atoms with Crippen LogP contribution in [0.2, 0.25) is 0 Å². The number of carbonyl (C=O) groups is 1. The van der Waals surface area contributed by atoms with E-state index in [4.69, 9.17) is 0 Å². The lowest BCUT2D eigenvalue weighted by atomic mass is 9.99. The van der Waals surface area contributed by atoms with Crippen LogP contribution in [0.4, 0.5) is 0 Å². The van der Waals surface area contributed by atoms with E-state index < -0.39 is 5.97 Å². The van der Waals surface area contributed by atoms with Crippen molar-refractivity contribution < 1.29 is 9.90 Å². The van der Waals surface area contributed by atoms with Crippen LogP contribution < -0.4 is 0 Å². The van der Waals surface area contributed by atoms with Crippen LogP contribution in [0.3, 0.4) is 0 Å². The van der Waals surface area contributed by atoms with E-state index in [0.29, 0.717) is 0 Å². The van der Waals surface area contributed by atoms with Crippen LogP contribution in [0.5, 0.6) is 0 Å². The van der Waals surface area contributed by atoms with Crippen molar-refractivity contribution in [2.75, 3.05) is 6.54 Å². The smallest absolute Gasteiger partial charge is 0.320 e. The van der Waals surface area contributed by atoms with Crippen molar-refractivity contribution in [1.29, 1.82) is 0 Å². The summed E-state index contributed by atoms with van der Waals surface area (Å²) < 4.78 is 0. The second kappa shape index (κ2) is 5.53. The van der Waals surface area contributed by atoms with Crippen LogP contribution >= 0.6 is 0 Å². The third-order valence-electron chi connectivity index (χ3n) is 3.90. The van der Waals surface area contributed by atoms with Gasteiger partial charge in [0, 0.05) is 6.54 Å². The van der Waals surface area contributed by atoms with Crippen LogP contribution in [0, 0.1) is 6.92 Å². The van der Waals surface area contributed by atoms with E-state index in [1.54, 1.807) is 0 Å². The monoisotopic (exact) mass is 247 g/mol. The zero-order valence-electron chi connectivity index (χ0n) is 11.1. The Morgan fingerprint density at radius 3 is 2.94 bits per heavy atom. The molecule has 98 valence electrons. The molecule has 3 heteroatoms. The third-order valence-corrected chi connectivity index (χ3v) is 3.90. The van der Waals surface area contributed by atoms with Crippen molar-refractivity contribution >= 4 is 5.97 Å². The van der Waals surface area contributed by atoms with Crippen molar-refractivity contribution in [2.45, 2.75) is 45.7 Å². The molecule has 1 aromatic carbocycles. The molecule has 1 aliphatic heterocycles. The Balaban J connectivity index is 2.21. The molecule has 0 aliphatic carbocycles. The van der Waals surface area contributed by atoms with E-state index in [-0.39, 0.29) is 6.04 Å². The summed E-state index contributed by atoms with van der Waals surface area (Å²) in [6, 6.07) is 6.04. The molecule has 3 nitrogen and oxygen atoms in total. The number of aryl methyl sites for hydroxylation is 2. The minimum Gasteiger partial charge on any atom is -0.480 e. The van der Waals surface area contributed by atoms with Gasteiger partial charge in [-0.3, -0.25) is 9.69 Å². The number of nitrogens with zero attached hydrogens (tertiary/aromatic N) is 1. The Bertz CT molecular complexity index is 442. The average Bonchev–Trinajstić information content (AvgIpc) is 2.80. The van der Waals surface area contributed by atoms with E-state index >= 15 is 0 Å². The Morgan fingerprint density at radius 1 is 1.50 bits per heavy atom. The highest BCUT2D eigenvalue weighted by Gasteiger charge is 2.30. The van der Waals surface area contributed by atoms with Gasteiger partial charge in [-0.2, -0.15) is 0 Å². The van der Waals surface area contributed by atoms with E-state index in [1.807, 2.05) is 0 Å². The fourth-order valence-corrected chi connectivity index (χ4v) is 2.82. The number of likely N-dealkylation sites (tertiary alicyclic amines) is 1. The summed E-state index contributed by atoms with van der Waals surface area (Å²) in [5.41, 5.74) is 3.92. The lowest BCUT2D eigenvalue weighted by molar-refractivity contribution is -0.142. The first-order valence-electron chi connectivity index (χ1n) is 6.67. The topological polar surface area (TPSA) is 40.5 Å². The molecule has 18 heavy (non-hydrogen) atoms. The molecule has 1 fully saturated rings. The zero-order chi connectivity index (χ0) is 13.1. The standard InChI is InChI=1S/C15H21NO2/c1-3-12-7-4-6-11(2)13(12)10-16-9-5-8-14(16)15(17)18/h4,6-7,14H,3,5,8-10H2,1-2H3,(H,17,18). The quantitative estimate of drug-likeness (QED) is 0.889. The molecule has 0 amide bonds. The van der Waals surface area contributed by atoms with Gasteiger partial charge in [0.25, 0.3) is 0 Å². The summed E-state index contributed by atoms with van der Waals surface area (Å²) in [6.07, 6.45) is 2.77. The molecule has 1 aliphatic rings. The van der Waals surface area contributed by atoms with Crippen LogP contribution in [0.15, 0.2) is 18.2 Å². The maximum atomic E-state index is 11.2. The molecular weight excluding hydrogens is 226 g/mol. The lowest BCUT2D eigenvalue weighted by Crippen LogP contribution is -2.35. The second-order valence-electron chi connectivity index (χ2n) is 5.03. The van der Waals surface area contributed by atoms with E-state index in [0.717, 1.165) is 32.4 Å². The van der Waals surface area contributed by atoms with E-state index in [2.05, 4.69) is 36.9 Å². The van der Waals surface area contributed by atoms with Gasteiger partial charge in [-0.1, -0.05) is 25.1 Å². The molecule has 1 heterocycles. The van der Waals surface area contributed by atoms with Crippen molar-refractivity contribution in [3.05, 3.63) is 34.9 Å². The predicted octanol–water partition coefficient (Wildman–Crippen LogP) is 2.61. The number of hydrogen-bond donors (Lipinski definition) is 1. The molecule has 0 saturated carbocycles. The Morgan fingerprint density at radius 2 is 2.28 bits per heavy atom. The van der Waals surface area contributed by atoms with Crippen LogP contribution in [-0.2, 0) is 17.8 Å². The molecule has 0 spiro atoms. The summed E-state index contributed by atoms with van der Waals surface area (Å²) in [5, 5.41) is 9.22. The van der Waals surface area contributed by atoms with Crippen molar-refractivity contribution in [1.82, 2.24) is 4.90 Å². The largest absolute Gasteiger partial charge is 0.480 e. The van der Waals surface area contributed by atoms with Gasteiger partial charge < -0.3 is 5.11 Å². The molecule has 1 saturated heterocycles. The van der Waals surface area contributed by atoms with Gasteiger partial charge in [-0.25, -0.2) is 0 Å². The predicted molar refractivity (Wildman–Crippen MR) is 71.6 cm³/mol. The van der Waals surface area contributed by atoms with Gasteiger partial charge in [0.1, 0.15) is 6.04 Å². The molecule has 0 aromatic heterocycles. The van der Waals surface area contributed by atoms with Crippen molar-refractivity contribution in [3.63, 3.8) is 0 Å². The third kappa shape index (κ3) is 2.56. The van der Waals surface area contributed by atoms with Gasteiger partial charge in [0.2, 0.25) is 0 Å². The number of carboxylic acid groups (broad SMARTS) is 1. The molecule has 1 N–H and O–H groups in total. The molecule has 0 bridgehead atoms. The molecule has 0 radical (unpaired) electrons. The Hall–Kier alpha value is -1.35. The summed E-state index contributed by atoms with van der Waals surface area (Å²) in [4.78, 5) is 13.3. The normalized spacial score (nSPS) is 20.2. The maximum absolute atomic E-state index is 11.2. The number of aliphatic carboxylic acids is 1. The highest BCUT2D eigenvalue weighted by molar-refractivity contribution is 5.73. The fraction of sp³-hybridized carbons (Fsp3) is 0.533. The molecular formula is C15H21NO2. The zero-order valence-corrected chi connectivity index (χ0v) is 11.1. The minimum absolute atomic E-state index is 0.297. The Kier molecular flexibility index (Phi) is 4.02. The first kappa shape index (κ1) is 13.1. The maximum Gasteiger partial charge on any atom is 0.320 e. The van der Waals surface area contributed by atoms with Crippen LogP contribution in [-0.4, -0.2) is 28.6 Å². The van der Waals surface area contributed by atoms with Gasteiger partial charge in [0.15, 0.2) is 0 Å². The molecule has 1 atom stereocenters. The number of hydrogen-bond acceptors (Lipinski definition) is 2. The highest BCUT2D eigenvalue weighted by Crippen LogP contribution is 2.24. The van der Waals surface area contributed by atoms with Gasteiger partial charge in [-0.15, -0.1) is 0 Å². The van der Waals surface area contributed by atoms with E-state index in [9.17, 15) is 9.90 Å². The van der Waals surface area contributed by atoms with Gasteiger partial charge >= 0.3 is 5.97 Å². The molecule has 1 unspecified atom stereocenters. The minimum atomic E-state index is -0.681.